The molecule has 0 aliphatic heterocycles. The predicted molar refractivity (Wildman–Crippen MR) is 84.2 cm³/mol. The van der Waals surface area contributed by atoms with Crippen LogP contribution < -0.4 is 10.5 Å². The third-order valence-electron chi connectivity index (χ3n) is 3.01. The number of benzene rings is 1. The van der Waals surface area contributed by atoms with Crippen molar-refractivity contribution in [3.8, 4) is 5.75 Å². The molecule has 2 atom stereocenters. The maximum Gasteiger partial charge on any atom is 0.132 e. The van der Waals surface area contributed by atoms with Crippen LogP contribution in [0.15, 0.2) is 46.7 Å². The van der Waals surface area contributed by atoms with Crippen LogP contribution in [0, 0.1) is 0 Å². The molecule has 0 spiro atoms. The van der Waals surface area contributed by atoms with E-state index in [0.29, 0.717) is 0 Å². The fourth-order valence-electron chi connectivity index (χ4n) is 1.88. The number of methoxy groups -OCH3 is 1. The summed E-state index contributed by atoms with van der Waals surface area (Å²) in [6.45, 7) is 2.13. The molecule has 1 aromatic carbocycles. The Hall–Kier alpha value is -0.970. The van der Waals surface area contributed by atoms with Crippen LogP contribution in [0.3, 0.4) is 0 Å². The van der Waals surface area contributed by atoms with E-state index >= 15 is 0 Å². The molecular formula is C15H19NOS2. The number of thioether (sulfide) groups is 1. The molecule has 0 amide bonds. The highest BCUT2D eigenvalue weighted by Crippen LogP contribution is 2.43. The second-order valence-corrected chi connectivity index (χ2v) is 6.44. The summed E-state index contributed by atoms with van der Waals surface area (Å²) in [7, 11) is 1.71. The number of ether oxygens (including phenoxy) is 1. The summed E-state index contributed by atoms with van der Waals surface area (Å²) >= 11 is 3.56. The fourth-order valence-corrected chi connectivity index (χ4v) is 4.23. The highest BCUT2D eigenvalue weighted by molar-refractivity contribution is 7.99. The van der Waals surface area contributed by atoms with Crippen molar-refractivity contribution in [3.63, 3.8) is 0 Å². The Morgan fingerprint density at radius 2 is 2.05 bits per heavy atom. The predicted octanol–water partition coefficient (Wildman–Crippen LogP) is 4.33. The molecular weight excluding hydrogens is 274 g/mol. The summed E-state index contributed by atoms with van der Waals surface area (Å²) in [6, 6.07) is 12.5. The van der Waals surface area contributed by atoms with E-state index in [0.717, 1.165) is 17.1 Å². The quantitative estimate of drug-likeness (QED) is 0.805. The second kappa shape index (κ2) is 6.98. The molecule has 4 heteroatoms. The van der Waals surface area contributed by atoms with Gasteiger partial charge in [0.25, 0.3) is 0 Å². The Morgan fingerprint density at radius 1 is 1.26 bits per heavy atom. The fraction of sp³-hybridized carbons (Fsp3) is 0.333. The molecule has 0 saturated carbocycles. The van der Waals surface area contributed by atoms with Gasteiger partial charge in [0.2, 0.25) is 0 Å². The molecule has 19 heavy (non-hydrogen) atoms. The SMILES string of the molecule is CCC(N)C(Sc1ccccc1OC)c1cccs1. The summed E-state index contributed by atoms with van der Waals surface area (Å²) in [5.41, 5.74) is 6.29. The summed E-state index contributed by atoms with van der Waals surface area (Å²) < 4.78 is 5.42. The van der Waals surface area contributed by atoms with Gasteiger partial charge in [-0.25, -0.2) is 0 Å². The highest BCUT2D eigenvalue weighted by atomic mass is 32.2. The number of rotatable bonds is 6. The van der Waals surface area contributed by atoms with Crippen LogP contribution in [0.2, 0.25) is 0 Å². The molecule has 0 bridgehead atoms. The average Bonchev–Trinajstić information content (AvgIpc) is 2.98. The monoisotopic (exact) mass is 293 g/mol. The van der Waals surface area contributed by atoms with E-state index < -0.39 is 0 Å². The topological polar surface area (TPSA) is 35.2 Å². The average molecular weight is 293 g/mol. The molecule has 2 rings (SSSR count). The zero-order chi connectivity index (χ0) is 13.7. The maximum atomic E-state index is 6.29. The molecule has 0 saturated heterocycles. The molecule has 0 aliphatic carbocycles. The van der Waals surface area contributed by atoms with Crippen LogP contribution in [0.25, 0.3) is 0 Å². The normalized spacial score (nSPS) is 14.1. The molecule has 1 aromatic heterocycles. The van der Waals surface area contributed by atoms with Crippen molar-refractivity contribution in [1.29, 1.82) is 0 Å². The van der Waals surface area contributed by atoms with Gasteiger partial charge in [0.15, 0.2) is 0 Å². The Labute approximate surface area is 123 Å². The first-order valence-corrected chi connectivity index (χ1v) is 8.10. The summed E-state index contributed by atoms with van der Waals surface area (Å²) in [5, 5.41) is 2.38. The van der Waals surface area contributed by atoms with Crippen LogP contribution in [0.4, 0.5) is 0 Å². The number of para-hydroxylation sites is 1. The third kappa shape index (κ3) is 3.53. The Morgan fingerprint density at radius 3 is 2.68 bits per heavy atom. The third-order valence-corrected chi connectivity index (χ3v) is 5.56. The maximum absolute atomic E-state index is 6.29. The lowest BCUT2D eigenvalue weighted by Gasteiger charge is -2.22. The van der Waals surface area contributed by atoms with E-state index in [-0.39, 0.29) is 11.3 Å². The van der Waals surface area contributed by atoms with Gasteiger partial charge in [0.05, 0.1) is 17.3 Å². The van der Waals surface area contributed by atoms with Crippen molar-refractivity contribution in [1.82, 2.24) is 0 Å². The van der Waals surface area contributed by atoms with E-state index in [1.165, 1.54) is 4.88 Å². The van der Waals surface area contributed by atoms with Gasteiger partial charge >= 0.3 is 0 Å². The lowest BCUT2D eigenvalue weighted by atomic mass is 10.1. The first kappa shape index (κ1) is 14.4. The van der Waals surface area contributed by atoms with E-state index in [1.54, 1.807) is 30.2 Å². The molecule has 0 aliphatic rings. The minimum absolute atomic E-state index is 0.147. The molecule has 102 valence electrons. The first-order chi connectivity index (χ1) is 9.26. The van der Waals surface area contributed by atoms with Crippen LogP contribution >= 0.6 is 23.1 Å². The van der Waals surface area contributed by atoms with E-state index in [1.807, 2.05) is 18.2 Å². The molecule has 0 radical (unpaired) electrons. The Balaban J connectivity index is 2.25. The summed E-state index contributed by atoms with van der Waals surface area (Å²) in [4.78, 5) is 2.47. The van der Waals surface area contributed by atoms with Gasteiger partial charge < -0.3 is 10.5 Å². The van der Waals surface area contributed by atoms with Gasteiger partial charge in [-0.15, -0.1) is 23.1 Å². The number of hydrogen-bond acceptors (Lipinski definition) is 4. The summed E-state index contributed by atoms with van der Waals surface area (Å²) in [6.07, 6.45) is 0.963. The van der Waals surface area contributed by atoms with Gasteiger partial charge in [-0.05, 0) is 30.0 Å². The van der Waals surface area contributed by atoms with E-state index in [2.05, 4.69) is 30.5 Å². The molecule has 0 fully saturated rings. The van der Waals surface area contributed by atoms with Crippen LogP contribution in [-0.4, -0.2) is 13.2 Å². The van der Waals surface area contributed by atoms with Crippen LogP contribution in [0.1, 0.15) is 23.5 Å². The molecule has 2 unspecified atom stereocenters. The minimum Gasteiger partial charge on any atom is -0.496 e. The Bertz CT molecular complexity index is 499. The van der Waals surface area contributed by atoms with Crippen molar-refractivity contribution >= 4 is 23.1 Å². The van der Waals surface area contributed by atoms with E-state index in [9.17, 15) is 0 Å². The second-order valence-electron chi connectivity index (χ2n) is 4.28. The van der Waals surface area contributed by atoms with E-state index in [4.69, 9.17) is 10.5 Å². The van der Waals surface area contributed by atoms with Crippen molar-refractivity contribution in [2.45, 2.75) is 29.5 Å². The molecule has 2 nitrogen and oxygen atoms in total. The number of thiophene rings is 1. The van der Waals surface area contributed by atoms with Gasteiger partial charge in [0, 0.05) is 10.9 Å². The van der Waals surface area contributed by atoms with Crippen LogP contribution in [-0.2, 0) is 0 Å². The molecule has 1 heterocycles. The molecule has 2 aromatic rings. The highest BCUT2D eigenvalue weighted by Gasteiger charge is 2.22. The van der Waals surface area contributed by atoms with Gasteiger partial charge in [-0.3, -0.25) is 0 Å². The van der Waals surface area contributed by atoms with Gasteiger partial charge in [0.1, 0.15) is 5.75 Å². The lowest BCUT2D eigenvalue weighted by Crippen LogP contribution is -2.25. The largest absolute Gasteiger partial charge is 0.496 e. The van der Waals surface area contributed by atoms with Gasteiger partial charge in [-0.2, -0.15) is 0 Å². The zero-order valence-corrected chi connectivity index (χ0v) is 12.8. The Kier molecular flexibility index (Phi) is 5.31. The zero-order valence-electron chi connectivity index (χ0n) is 11.2. The van der Waals surface area contributed by atoms with Crippen molar-refractivity contribution in [2.24, 2.45) is 5.73 Å². The lowest BCUT2D eigenvalue weighted by molar-refractivity contribution is 0.404. The van der Waals surface area contributed by atoms with Crippen molar-refractivity contribution < 1.29 is 4.74 Å². The van der Waals surface area contributed by atoms with Crippen molar-refractivity contribution in [2.75, 3.05) is 7.11 Å². The number of hydrogen-bond donors (Lipinski definition) is 1. The summed E-state index contributed by atoms with van der Waals surface area (Å²) in [5.74, 6) is 0.914. The smallest absolute Gasteiger partial charge is 0.132 e. The van der Waals surface area contributed by atoms with Crippen LogP contribution in [0.5, 0.6) is 5.75 Å². The first-order valence-electron chi connectivity index (χ1n) is 6.35. The number of nitrogens with two attached hydrogens (primary N) is 1. The standard InChI is InChI=1S/C15H19NOS2/c1-3-11(16)15(14-9-6-10-18-14)19-13-8-5-4-7-12(13)17-2/h4-11,15H,3,16H2,1-2H3. The van der Waals surface area contributed by atoms with Gasteiger partial charge in [-0.1, -0.05) is 25.1 Å². The molecule has 2 N–H and O–H groups in total. The minimum atomic E-state index is 0.147. The van der Waals surface area contributed by atoms with Crippen molar-refractivity contribution in [3.05, 3.63) is 46.7 Å².